The highest BCUT2D eigenvalue weighted by Crippen LogP contribution is 2.71. The first-order chi connectivity index (χ1) is 6.41. The Morgan fingerprint density at radius 1 is 1.43 bits per heavy atom. The van der Waals surface area contributed by atoms with E-state index in [2.05, 4.69) is 20.8 Å². The predicted molar refractivity (Wildman–Crippen MR) is 54.8 cm³/mol. The molecule has 0 aromatic carbocycles. The van der Waals surface area contributed by atoms with Gasteiger partial charge in [-0.1, -0.05) is 13.8 Å². The SMILES string of the molecule is CC(=O)OC1(C)CC[C@]2(C(C)C)C[C@@H]12. The maximum Gasteiger partial charge on any atom is 0.303 e. The summed E-state index contributed by atoms with van der Waals surface area (Å²) in [6.45, 7) is 8.21. The standard InChI is InChI=1S/C12H20O2/c1-8(2)12-6-5-11(4,10(12)7-12)14-9(3)13/h8,10H,5-7H2,1-4H3/t10-,11?,12+/m0/s1. The molecule has 2 fully saturated rings. The second-order valence-electron chi connectivity index (χ2n) is 5.55. The first-order valence-corrected chi connectivity index (χ1v) is 5.60. The van der Waals surface area contributed by atoms with E-state index in [1.807, 2.05) is 0 Å². The molecule has 0 aliphatic heterocycles. The van der Waals surface area contributed by atoms with Crippen molar-refractivity contribution in [3.63, 3.8) is 0 Å². The van der Waals surface area contributed by atoms with Gasteiger partial charge in [0.05, 0.1) is 0 Å². The fourth-order valence-electron chi connectivity index (χ4n) is 3.45. The van der Waals surface area contributed by atoms with Gasteiger partial charge in [-0.2, -0.15) is 0 Å². The summed E-state index contributed by atoms with van der Waals surface area (Å²) in [5, 5.41) is 0. The van der Waals surface area contributed by atoms with Crippen LogP contribution in [0.25, 0.3) is 0 Å². The molecule has 0 aromatic heterocycles. The molecule has 80 valence electrons. The monoisotopic (exact) mass is 196 g/mol. The van der Waals surface area contributed by atoms with Crippen molar-refractivity contribution in [3.8, 4) is 0 Å². The van der Waals surface area contributed by atoms with E-state index in [1.165, 1.54) is 19.8 Å². The van der Waals surface area contributed by atoms with Crippen molar-refractivity contribution < 1.29 is 9.53 Å². The van der Waals surface area contributed by atoms with Gasteiger partial charge in [0.1, 0.15) is 5.60 Å². The maximum atomic E-state index is 11.0. The largest absolute Gasteiger partial charge is 0.459 e. The van der Waals surface area contributed by atoms with E-state index >= 15 is 0 Å². The molecule has 3 atom stereocenters. The Kier molecular flexibility index (Phi) is 1.96. The third kappa shape index (κ3) is 1.19. The van der Waals surface area contributed by atoms with Crippen LogP contribution in [0.15, 0.2) is 0 Å². The van der Waals surface area contributed by atoms with Crippen LogP contribution in [0.4, 0.5) is 0 Å². The lowest BCUT2D eigenvalue weighted by atomic mass is 9.90. The average molecular weight is 196 g/mol. The first kappa shape index (κ1) is 10.0. The van der Waals surface area contributed by atoms with E-state index in [4.69, 9.17) is 4.74 Å². The van der Waals surface area contributed by atoms with Crippen LogP contribution in [0.1, 0.15) is 47.0 Å². The summed E-state index contributed by atoms with van der Waals surface area (Å²) in [5.41, 5.74) is 0.348. The highest BCUT2D eigenvalue weighted by molar-refractivity contribution is 5.66. The van der Waals surface area contributed by atoms with E-state index < -0.39 is 0 Å². The minimum Gasteiger partial charge on any atom is -0.459 e. The zero-order chi connectivity index (χ0) is 10.6. The Balaban J connectivity index is 2.10. The van der Waals surface area contributed by atoms with Crippen molar-refractivity contribution in [2.75, 3.05) is 0 Å². The molecule has 2 nitrogen and oxygen atoms in total. The number of carbonyl (C=O) groups excluding carboxylic acids is 1. The lowest BCUT2D eigenvalue weighted by molar-refractivity contribution is -0.156. The van der Waals surface area contributed by atoms with Crippen LogP contribution >= 0.6 is 0 Å². The number of ether oxygens (including phenoxy) is 1. The summed E-state index contributed by atoms with van der Waals surface area (Å²) < 4.78 is 5.49. The zero-order valence-electron chi connectivity index (χ0n) is 9.59. The normalized spacial score (nSPS) is 45.1. The summed E-state index contributed by atoms with van der Waals surface area (Å²) in [7, 11) is 0. The van der Waals surface area contributed by atoms with Crippen LogP contribution in [0, 0.1) is 17.3 Å². The molecule has 0 amide bonds. The second-order valence-corrected chi connectivity index (χ2v) is 5.55. The van der Waals surface area contributed by atoms with Gasteiger partial charge in [0.15, 0.2) is 0 Å². The molecule has 2 heteroatoms. The molecule has 0 bridgehead atoms. The molecule has 0 saturated heterocycles. The van der Waals surface area contributed by atoms with E-state index in [0.29, 0.717) is 11.3 Å². The summed E-state index contributed by atoms with van der Waals surface area (Å²) in [6.07, 6.45) is 3.54. The molecule has 0 N–H and O–H groups in total. The van der Waals surface area contributed by atoms with Gasteiger partial charge in [0.25, 0.3) is 0 Å². The third-order valence-electron chi connectivity index (χ3n) is 4.47. The highest BCUT2D eigenvalue weighted by atomic mass is 16.6. The van der Waals surface area contributed by atoms with Crippen molar-refractivity contribution in [1.82, 2.24) is 0 Å². The van der Waals surface area contributed by atoms with Gasteiger partial charge in [0, 0.05) is 12.8 Å². The van der Waals surface area contributed by atoms with Crippen LogP contribution in [0.5, 0.6) is 0 Å². The third-order valence-corrected chi connectivity index (χ3v) is 4.47. The quantitative estimate of drug-likeness (QED) is 0.635. The van der Waals surface area contributed by atoms with Crippen LogP contribution < -0.4 is 0 Å². The molecule has 0 spiro atoms. The predicted octanol–water partition coefficient (Wildman–Crippen LogP) is 2.76. The van der Waals surface area contributed by atoms with Crippen molar-refractivity contribution in [2.24, 2.45) is 17.3 Å². The fraction of sp³-hybridized carbons (Fsp3) is 0.917. The van der Waals surface area contributed by atoms with Crippen molar-refractivity contribution in [1.29, 1.82) is 0 Å². The number of hydrogen-bond donors (Lipinski definition) is 0. The molecule has 2 rings (SSSR count). The van der Waals surface area contributed by atoms with Crippen LogP contribution in [0.2, 0.25) is 0 Å². The molecule has 1 unspecified atom stereocenters. The number of hydrogen-bond acceptors (Lipinski definition) is 2. The molecule has 0 heterocycles. The topological polar surface area (TPSA) is 26.3 Å². The van der Waals surface area contributed by atoms with Gasteiger partial charge < -0.3 is 4.74 Å². The Morgan fingerprint density at radius 2 is 2.07 bits per heavy atom. The van der Waals surface area contributed by atoms with Gasteiger partial charge in [0.2, 0.25) is 0 Å². The summed E-state index contributed by atoms with van der Waals surface area (Å²) in [5.74, 6) is 1.22. The Labute approximate surface area is 86.0 Å². The lowest BCUT2D eigenvalue weighted by Gasteiger charge is -2.25. The van der Waals surface area contributed by atoms with Crippen molar-refractivity contribution >= 4 is 5.97 Å². The Morgan fingerprint density at radius 3 is 2.43 bits per heavy atom. The summed E-state index contributed by atoms with van der Waals surface area (Å²) in [4.78, 5) is 11.0. The smallest absolute Gasteiger partial charge is 0.303 e. The van der Waals surface area contributed by atoms with Crippen molar-refractivity contribution in [3.05, 3.63) is 0 Å². The van der Waals surface area contributed by atoms with Gasteiger partial charge in [-0.25, -0.2) is 0 Å². The average Bonchev–Trinajstić information content (AvgIpc) is 2.70. The summed E-state index contributed by atoms with van der Waals surface area (Å²) in [6, 6.07) is 0. The van der Waals surface area contributed by atoms with E-state index in [0.717, 1.165) is 12.3 Å². The van der Waals surface area contributed by atoms with E-state index in [9.17, 15) is 4.79 Å². The molecular weight excluding hydrogens is 176 g/mol. The Hall–Kier alpha value is -0.530. The van der Waals surface area contributed by atoms with Crippen molar-refractivity contribution in [2.45, 2.75) is 52.6 Å². The molecule has 14 heavy (non-hydrogen) atoms. The molecule has 0 aromatic rings. The second kappa shape index (κ2) is 2.74. The van der Waals surface area contributed by atoms with E-state index in [-0.39, 0.29) is 11.6 Å². The van der Waals surface area contributed by atoms with Crippen LogP contribution in [0.3, 0.4) is 0 Å². The summed E-state index contributed by atoms with van der Waals surface area (Å²) >= 11 is 0. The molecule has 2 saturated carbocycles. The minimum atomic E-state index is -0.157. The molecule has 2 aliphatic rings. The number of fused-ring (bicyclic) bond motifs is 1. The lowest BCUT2D eigenvalue weighted by Crippen LogP contribution is -2.31. The van der Waals surface area contributed by atoms with Crippen LogP contribution in [-0.2, 0) is 9.53 Å². The van der Waals surface area contributed by atoms with Gasteiger partial charge >= 0.3 is 5.97 Å². The molecule has 2 aliphatic carbocycles. The molecule has 0 radical (unpaired) electrons. The van der Waals surface area contributed by atoms with Gasteiger partial charge in [-0.15, -0.1) is 0 Å². The number of rotatable bonds is 2. The number of carbonyl (C=O) groups is 1. The van der Waals surface area contributed by atoms with Crippen LogP contribution in [-0.4, -0.2) is 11.6 Å². The van der Waals surface area contributed by atoms with Gasteiger partial charge in [-0.3, -0.25) is 4.79 Å². The van der Waals surface area contributed by atoms with Gasteiger partial charge in [-0.05, 0) is 37.5 Å². The maximum absolute atomic E-state index is 11.0. The highest BCUT2D eigenvalue weighted by Gasteiger charge is 2.69. The Bertz CT molecular complexity index is 271. The fourth-order valence-corrected chi connectivity index (χ4v) is 3.45. The number of esters is 1. The first-order valence-electron chi connectivity index (χ1n) is 5.60. The molecular formula is C12H20O2. The minimum absolute atomic E-state index is 0.126. The zero-order valence-corrected chi connectivity index (χ0v) is 9.59. The van der Waals surface area contributed by atoms with E-state index in [1.54, 1.807) is 0 Å².